The average Bonchev–Trinajstić information content (AvgIpc) is 2.59. The molecule has 0 heterocycles. The Morgan fingerprint density at radius 3 is 2.58 bits per heavy atom. The molecule has 1 aromatic carbocycles. The lowest BCUT2D eigenvalue weighted by Gasteiger charge is -2.24. The molecule has 0 atom stereocenters. The minimum atomic E-state index is -0.805. The molecule has 2 N–H and O–H groups in total. The molecule has 0 saturated heterocycles. The number of ether oxygens (including phenoxy) is 2. The van der Waals surface area contributed by atoms with Crippen LogP contribution in [0.4, 0.5) is 11.4 Å². The van der Waals surface area contributed by atoms with Crippen LogP contribution in [0.15, 0.2) is 18.2 Å². The van der Waals surface area contributed by atoms with Crippen molar-refractivity contribution in [3.8, 4) is 0 Å². The van der Waals surface area contributed by atoms with E-state index in [2.05, 4.69) is 10.6 Å². The first-order valence-electron chi connectivity index (χ1n) is 8.19. The van der Waals surface area contributed by atoms with E-state index in [1.54, 1.807) is 0 Å². The van der Waals surface area contributed by atoms with Crippen LogP contribution >= 0.6 is 0 Å². The third-order valence-corrected chi connectivity index (χ3v) is 3.75. The monoisotopic (exact) mass is 367 g/mol. The molecule has 0 aliphatic heterocycles. The Labute approximate surface area is 152 Å². The molecule has 0 spiro atoms. The van der Waals surface area contributed by atoms with Gasteiger partial charge in [-0.25, -0.2) is 4.79 Å². The van der Waals surface area contributed by atoms with Crippen molar-refractivity contribution in [1.29, 1.82) is 0 Å². The van der Waals surface area contributed by atoms with Crippen LogP contribution in [-0.4, -0.2) is 49.2 Å². The van der Waals surface area contributed by atoms with Crippen molar-refractivity contribution >= 4 is 23.3 Å². The largest absolute Gasteiger partial charge is 0.452 e. The Kier molecular flexibility index (Phi) is 7.98. The normalized spacial score (nSPS) is 10.9. The predicted octanol–water partition coefficient (Wildman–Crippen LogP) is 2.11. The molecule has 1 aromatic rings. The number of rotatable bonds is 10. The number of methoxy groups -OCH3 is 1. The molecular formula is C17H25N3O6. The number of amides is 1. The fraction of sp³-hybridized carbons (Fsp3) is 0.529. The molecule has 0 fully saturated rings. The van der Waals surface area contributed by atoms with Crippen LogP contribution in [0, 0.1) is 10.1 Å². The van der Waals surface area contributed by atoms with Crippen molar-refractivity contribution in [2.45, 2.75) is 32.7 Å². The second kappa shape index (κ2) is 9.71. The Hall–Kier alpha value is -2.68. The van der Waals surface area contributed by atoms with Crippen molar-refractivity contribution < 1.29 is 24.0 Å². The maximum absolute atomic E-state index is 12.1. The second-order valence-electron chi connectivity index (χ2n) is 6.27. The van der Waals surface area contributed by atoms with Crippen LogP contribution in [0.1, 0.15) is 37.6 Å². The van der Waals surface area contributed by atoms with Gasteiger partial charge in [0.15, 0.2) is 6.61 Å². The summed E-state index contributed by atoms with van der Waals surface area (Å²) < 4.78 is 9.82. The summed E-state index contributed by atoms with van der Waals surface area (Å²) in [5.74, 6) is -1.24. The summed E-state index contributed by atoms with van der Waals surface area (Å²) in [6, 6.07) is 3.94. The zero-order chi connectivity index (χ0) is 19.7. The van der Waals surface area contributed by atoms with Gasteiger partial charge < -0.3 is 20.1 Å². The molecule has 26 heavy (non-hydrogen) atoms. The van der Waals surface area contributed by atoms with Gasteiger partial charge in [-0.05, 0) is 32.4 Å². The highest BCUT2D eigenvalue weighted by Crippen LogP contribution is 2.25. The van der Waals surface area contributed by atoms with Crippen LogP contribution in [0.2, 0.25) is 0 Å². The van der Waals surface area contributed by atoms with Gasteiger partial charge in [0.25, 0.3) is 11.6 Å². The first kappa shape index (κ1) is 21.4. The average molecular weight is 367 g/mol. The van der Waals surface area contributed by atoms with Gasteiger partial charge in [-0.2, -0.15) is 0 Å². The van der Waals surface area contributed by atoms with Crippen molar-refractivity contribution in [3.63, 3.8) is 0 Å². The number of nitrogens with zero attached hydrogens (tertiary/aromatic N) is 1. The molecule has 0 saturated carbocycles. The molecule has 1 rings (SSSR count). The molecular weight excluding hydrogens is 342 g/mol. The minimum absolute atomic E-state index is 0.00320. The molecule has 0 aliphatic carbocycles. The summed E-state index contributed by atoms with van der Waals surface area (Å²) in [7, 11) is 1.52. The molecule has 1 amide bonds. The third-order valence-electron chi connectivity index (χ3n) is 3.75. The topological polar surface area (TPSA) is 120 Å². The van der Waals surface area contributed by atoms with Crippen LogP contribution in [-0.2, 0) is 14.3 Å². The Balaban J connectivity index is 2.75. The lowest BCUT2D eigenvalue weighted by Crippen LogP contribution is -2.44. The predicted molar refractivity (Wildman–Crippen MR) is 96.3 cm³/mol. The van der Waals surface area contributed by atoms with E-state index in [1.165, 1.54) is 19.2 Å². The molecule has 144 valence electrons. The first-order valence-corrected chi connectivity index (χ1v) is 8.19. The van der Waals surface area contributed by atoms with Gasteiger partial charge in [-0.1, -0.05) is 6.92 Å². The highest BCUT2D eigenvalue weighted by molar-refractivity contribution is 5.93. The Bertz CT molecular complexity index is 660. The summed E-state index contributed by atoms with van der Waals surface area (Å²) in [5.41, 5.74) is -0.396. The van der Waals surface area contributed by atoms with Crippen molar-refractivity contribution in [3.05, 3.63) is 33.9 Å². The van der Waals surface area contributed by atoms with E-state index >= 15 is 0 Å². The zero-order valence-corrected chi connectivity index (χ0v) is 15.5. The summed E-state index contributed by atoms with van der Waals surface area (Å²) >= 11 is 0. The second-order valence-corrected chi connectivity index (χ2v) is 6.27. The molecule has 0 unspecified atom stereocenters. The Morgan fingerprint density at radius 2 is 2.00 bits per heavy atom. The highest BCUT2D eigenvalue weighted by atomic mass is 16.6. The highest BCUT2D eigenvalue weighted by Gasteiger charge is 2.21. The number of nitro benzene ring substituents is 1. The number of carbonyl (C=O) groups excluding carboxylic acids is 2. The summed E-state index contributed by atoms with van der Waals surface area (Å²) in [6.45, 7) is 5.94. The molecule has 9 nitrogen and oxygen atoms in total. The quantitative estimate of drug-likeness (QED) is 0.281. The summed E-state index contributed by atoms with van der Waals surface area (Å²) in [5, 5.41) is 16.8. The summed E-state index contributed by atoms with van der Waals surface area (Å²) in [4.78, 5) is 34.5. The van der Waals surface area contributed by atoms with E-state index in [-0.39, 0.29) is 16.9 Å². The lowest BCUT2D eigenvalue weighted by atomic mass is 10.0. The number of hydrogen-bond acceptors (Lipinski definition) is 7. The number of carbonyl (C=O) groups is 2. The molecule has 9 heteroatoms. The fourth-order valence-corrected chi connectivity index (χ4v) is 1.96. The Morgan fingerprint density at radius 1 is 1.31 bits per heavy atom. The van der Waals surface area contributed by atoms with Crippen molar-refractivity contribution in [2.24, 2.45) is 0 Å². The fourth-order valence-electron chi connectivity index (χ4n) is 1.96. The molecule has 0 bridgehead atoms. The SMILES string of the molecule is CCC(C)(C)NC(=O)COC(=O)c1ccc(NCCOC)c([N+](=O)[O-])c1. The van der Waals surface area contributed by atoms with E-state index < -0.39 is 28.9 Å². The van der Waals surface area contributed by atoms with Gasteiger partial charge in [0.1, 0.15) is 5.69 Å². The van der Waals surface area contributed by atoms with Crippen LogP contribution in [0.3, 0.4) is 0 Å². The van der Waals surface area contributed by atoms with Gasteiger partial charge in [0.05, 0.1) is 17.1 Å². The number of hydrogen-bond donors (Lipinski definition) is 2. The lowest BCUT2D eigenvalue weighted by molar-refractivity contribution is -0.384. The molecule has 0 radical (unpaired) electrons. The van der Waals surface area contributed by atoms with E-state index in [1.807, 2.05) is 20.8 Å². The maximum atomic E-state index is 12.1. The van der Waals surface area contributed by atoms with Crippen LogP contribution in [0.25, 0.3) is 0 Å². The third kappa shape index (κ3) is 6.67. The molecule has 0 aliphatic rings. The van der Waals surface area contributed by atoms with Crippen molar-refractivity contribution in [2.75, 3.05) is 32.2 Å². The summed E-state index contributed by atoms with van der Waals surface area (Å²) in [6.07, 6.45) is 0.719. The van der Waals surface area contributed by atoms with Crippen molar-refractivity contribution in [1.82, 2.24) is 5.32 Å². The van der Waals surface area contributed by atoms with E-state index in [0.717, 1.165) is 12.5 Å². The number of benzene rings is 1. The molecule has 0 aromatic heterocycles. The van der Waals surface area contributed by atoms with Gasteiger partial charge in [-0.3, -0.25) is 14.9 Å². The number of nitro groups is 1. The zero-order valence-electron chi connectivity index (χ0n) is 15.5. The standard InChI is InChI=1S/C17H25N3O6/c1-5-17(2,3)19-15(21)11-26-16(22)12-6-7-13(18-8-9-25-4)14(10-12)20(23)24/h6-7,10,18H,5,8-9,11H2,1-4H3,(H,19,21). The number of anilines is 1. The first-order chi connectivity index (χ1) is 12.2. The van der Waals surface area contributed by atoms with E-state index in [9.17, 15) is 19.7 Å². The number of esters is 1. The van der Waals surface area contributed by atoms with Crippen LogP contribution < -0.4 is 10.6 Å². The number of nitrogens with one attached hydrogen (secondary N) is 2. The van der Waals surface area contributed by atoms with Gasteiger partial charge in [-0.15, -0.1) is 0 Å². The van der Waals surface area contributed by atoms with E-state index in [4.69, 9.17) is 9.47 Å². The van der Waals surface area contributed by atoms with Gasteiger partial charge in [0.2, 0.25) is 0 Å². The van der Waals surface area contributed by atoms with Gasteiger partial charge in [0, 0.05) is 25.3 Å². The van der Waals surface area contributed by atoms with Gasteiger partial charge >= 0.3 is 5.97 Å². The smallest absolute Gasteiger partial charge is 0.338 e. The minimum Gasteiger partial charge on any atom is -0.452 e. The maximum Gasteiger partial charge on any atom is 0.338 e. The van der Waals surface area contributed by atoms with E-state index in [0.29, 0.717) is 13.2 Å². The van der Waals surface area contributed by atoms with Crippen LogP contribution in [0.5, 0.6) is 0 Å².